The Morgan fingerprint density at radius 1 is 1.22 bits per heavy atom. The molecule has 0 radical (unpaired) electrons. The van der Waals surface area contributed by atoms with Crippen LogP contribution in [-0.4, -0.2) is 18.2 Å². The fourth-order valence-corrected chi connectivity index (χ4v) is 3.19. The minimum atomic E-state index is 0.111. The molecule has 2 nitrogen and oxygen atoms in total. The first-order chi connectivity index (χ1) is 8.72. The molecule has 100 valence electrons. The molecule has 1 saturated carbocycles. The van der Waals surface area contributed by atoms with Gasteiger partial charge in [0.2, 0.25) is 0 Å². The second kappa shape index (κ2) is 6.58. The monoisotopic (exact) mass is 311 g/mol. The SMILES string of the molecule is CN(c1cc(Br)ccc1CO)C1CCCCCC1. The van der Waals surface area contributed by atoms with Crippen LogP contribution in [0.3, 0.4) is 0 Å². The number of benzene rings is 1. The zero-order valence-corrected chi connectivity index (χ0v) is 12.6. The quantitative estimate of drug-likeness (QED) is 0.849. The van der Waals surface area contributed by atoms with Crippen molar-refractivity contribution in [3.63, 3.8) is 0 Å². The summed E-state index contributed by atoms with van der Waals surface area (Å²) in [5, 5.41) is 9.47. The van der Waals surface area contributed by atoms with Crippen molar-refractivity contribution in [2.24, 2.45) is 0 Å². The highest BCUT2D eigenvalue weighted by Crippen LogP contribution is 2.30. The molecule has 0 atom stereocenters. The molecule has 0 heterocycles. The summed E-state index contributed by atoms with van der Waals surface area (Å²) in [6.45, 7) is 0.111. The average molecular weight is 312 g/mol. The highest BCUT2D eigenvalue weighted by molar-refractivity contribution is 9.10. The molecule has 0 saturated heterocycles. The molecular weight excluding hydrogens is 290 g/mol. The lowest BCUT2D eigenvalue weighted by Crippen LogP contribution is -2.31. The van der Waals surface area contributed by atoms with Crippen LogP contribution in [-0.2, 0) is 6.61 Å². The van der Waals surface area contributed by atoms with Gasteiger partial charge in [-0.1, -0.05) is 47.7 Å². The van der Waals surface area contributed by atoms with E-state index in [9.17, 15) is 5.11 Å². The van der Waals surface area contributed by atoms with Crippen molar-refractivity contribution in [1.82, 2.24) is 0 Å². The number of nitrogens with zero attached hydrogens (tertiary/aromatic N) is 1. The Kier molecular flexibility index (Phi) is 5.07. The smallest absolute Gasteiger partial charge is 0.0702 e. The highest BCUT2D eigenvalue weighted by Gasteiger charge is 2.19. The fraction of sp³-hybridized carbons (Fsp3) is 0.600. The van der Waals surface area contributed by atoms with Crippen LogP contribution in [0, 0.1) is 0 Å². The van der Waals surface area contributed by atoms with E-state index in [2.05, 4.69) is 33.9 Å². The molecule has 0 spiro atoms. The molecule has 1 aliphatic carbocycles. The first-order valence-electron chi connectivity index (χ1n) is 6.84. The van der Waals surface area contributed by atoms with Gasteiger partial charge in [-0.05, 0) is 25.0 Å². The third kappa shape index (κ3) is 3.27. The molecule has 0 aliphatic heterocycles. The van der Waals surface area contributed by atoms with E-state index >= 15 is 0 Å². The molecule has 1 N–H and O–H groups in total. The maximum absolute atomic E-state index is 9.47. The van der Waals surface area contributed by atoms with E-state index in [1.54, 1.807) is 0 Å². The van der Waals surface area contributed by atoms with Crippen molar-refractivity contribution in [3.05, 3.63) is 28.2 Å². The van der Waals surface area contributed by atoms with Crippen LogP contribution >= 0.6 is 15.9 Å². The van der Waals surface area contributed by atoms with Gasteiger partial charge < -0.3 is 10.0 Å². The number of aliphatic hydroxyl groups excluding tert-OH is 1. The molecule has 3 heteroatoms. The summed E-state index contributed by atoms with van der Waals surface area (Å²) in [7, 11) is 2.16. The molecule has 0 bridgehead atoms. The van der Waals surface area contributed by atoms with Gasteiger partial charge in [-0.3, -0.25) is 0 Å². The minimum absolute atomic E-state index is 0.111. The van der Waals surface area contributed by atoms with E-state index in [1.165, 1.54) is 44.2 Å². The zero-order valence-electron chi connectivity index (χ0n) is 11.0. The maximum Gasteiger partial charge on any atom is 0.0702 e. The number of aliphatic hydroxyl groups is 1. The summed E-state index contributed by atoms with van der Waals surface area (Å²) in [6, 6.07) is 6.74. The van der Waals surface area contributed by atoms with Gasteiger partial charge in [-0.25, -0.2) is 0 Å². The Hall–Kier alpha value is -0.540. The van der Waals surface area contributed by atoms with Crippen molar-refractivity contribution in [1.29, 1.82) is 0 Å². The van der Waals surface area contributed by atoms with Gasteiger partial charge in [-0.15, -0.1) is 0 Å². The van der Waals surface area contributed by atoms with Gasteiger partial charge in [0.25, 0.3) is 0 Å². The van der Waals surface area contributed by atoms with E-state index in [4.69, 9.17) is 0 Å². The molecule has 1 aromatic carbocycles. The minimum Gasteiger partial charge on any atom is -0.392 e. The van der Waals surface area contributed by atoms with Gasteiger partial charge in [0, 0.05) is 28.8 Å². The zero-order chi connectivity index (χ0) is 13.0. The number of anilines is 1. The standard InChI is InChI=1S/C15H22BrNO/c1-17(14-6-4-2-3-5-7-14)15-10-13(16)9-8-12(15)11-18/h8-10,14,18H,2-7,11H2,1H3. The van der Waals surface area contributed by atoms with Crippen LogP contribution in [0.1, 0.15) is 44.1 Å². The Morgan fingerprint density at radius 2 is 1.89 bits per heavy atom. The van der Waals surface area contributed by atoms with E-state index in [0.29, 0.717) is 6.04 Å². The Morgan fingerprint density at radius 3 is 2.50 bits per heavy atom. The molecule has 1 aliphatic rings. The first-order valence-corrected chi connectivity index (χ1v) is 7.64. The van der Waals surface area contributed by atoms with Gasteiger partial charge in [0.1, 0.15) is 0 Å². The molecular formula is C15H22BrNO. The van der Waals surface area contributed by atoms with Gasteiger partial charge in [0.15, 0.2) is 0 Å². The van der Waals surface area contributed by atoms with Crippen molar-refractivity contribution in [2.45, 2.75) is 51.2 Å². The topological polar surface area (TPSA) is 23.5 Å². The van der Waals surface area contributed by atoms with Crippen LogP contribution in [0.15, 0.2) is 22.7 Å². The van der Waals surface area contributed by atoms with Gasteiger partial charge in [0.05, 0.1) is 6.61 Å². The lowest BCUT2D eigenvalue weighted by atomic mass is 10.1. The van der Waals surface area contributed by atoms with Crippen molar-refractivity contribution < 1.29 is 5.11 Å². The van der Waals surface area contributed by atoms with E-state index in [-0.39, 0.29) is 6.61 Å². The van der Waals surface area contributed by atoms with Gasteiger partial charge in [-0.2, -0.15) is 0 Å². The normalized spacial score (nSPS) is 17.5. The number of hydrogen-bond donors (Lipinski definition) is 1. The number of halogens is 1. The van der Waals surface area contributed by atoms with E-state index in [1.807, 2.05) is 12.1 Å². The third-order valence-electron chi connectivity index (χ3n) is 3.97. The summed E-state index contributed by atoms with van der Waals surface area (Å²) in [5.74, 6) is 0. The lowest BCUT2D eigenvalue weighted by Gasteiger charge is -2.31. The number of hydrogen-bond acceptors (Lipinski definition) is 2. The van der Waals surface area contributed by atoms with Crippen LogP contribution in [0.2, 0.25) is 0 Å². The van der Waals surface area contributed by atoms with E-state index < -0.39 is 0 Å². The molecule has 18 heavy (non-hydrogen) atoms. The molecule has 0 aromatic heterocycles. The van der Waals surface area contributed by atoms with Crippen LogP contribution in [0.4, 0.5) is 5.69 Å². The predicted molar refractivity (Wildman–Crippen MR) is 80.0 cm³/mol. The summed E-state index contributed by atoms with van der Waals surface area (Å²) < 4.78 is 1.08. The lowest BCUT2D eigenvalue weighted by molar-refractivity contribution is 0.282. The molecule has 1 fully saturated rings. The fourth-order valence-electron chi connectivity index (χ4n) is 2.84. The second-order valence-electron chi connectivity index (χ2n) is 5.19. The average Bonchev–Trinajstić information content (AvgIpc) is 2.66. The maximum atomic E-state index is 9.47. The molecule has 0 unspecified atom stereocenters. The summed E-state index contributed by atoms with van der Waals surface area (Å²) in [5.41, 5.74) is 2.18. The van der Waals surface area contributed by atoms with Crippen molar-refractivity contribution in [3.8, 4) is 0 Å². The Labute approximate surface area is 118 Å². The van der Waals surface area contributed by atoms with Crippen LogP contribution in [0.5, 0.6) is 0 Å². The van der Waals surface area contributed by atoms with Gasteiger partial charge >= 0.3 is 0 Å². The molecule has 1 aromatic rings. The van der Waals surface area contributed by atoms with Crippen LogP contribution < -0.4 is 4.90 Å². The Balaban J connectivity index is 2.20. The molecule has 0 amide bonds. The third-order valence-corrected chi connectivity index (χ3v) is 4.46. The van der Waals surface area contributed by atoms with Crippen LogP contribution in [0.25, 0.3) is 0 Å². The summed E-state index contributed by atoms with van der Waals surface area (Å²) in [4.78, 5) is 2.36. The van der Waals surface area contributed by atoms with Crippen molar-refractivity contribution in [2.75, 3.05) is 11.9 Å². The highest BCUT2D eigenvalue weighted by atomic mass is 79.9. The Bertz CT molecular complexity index is 386. The summed E-state index contributed by atoms with van der Waals surface area (Å²) >= 11 is 3.52. The first kappa shape index (κ1) is 13.9. The molecule has 2 rings (SSSR count). The van der Waals surface area contributed by atoms with E-state index in [0.717, 1.165) is 10.0 Å². The predicted octanol–water partition coefficient (Wildman–Crippen LogP) is 4.10. The number of rotatable bonds is 3. The largest absolute Gasteiger partial charge is 0.392 e. The van der Waals surface area contributed by atoms with Crippen molar-refractivity contribution >= 4 is 21.6 Å². The summed E-state index contributed by atoms with van der Waals surface area (Å²) in [6.07, 6.45) is 7.95. The second-order valence-corrected chi connectivity index (χ2v) is 6.10.